The van der Waals surface area contributed by atoms with Crippen molar-refractivity contribution in [2.24, 2.45) is 5.73 Å². The SMILES string of the molecule is CC(O)CNC(N)=S. The molecule has 4 N–H and O–H groups in total. The smallest absolute Gasteiger partial charge is 0.163 e. The molecule has 0 spiro atoms. The second-order valence-electron chi connectivity index (χ2n) is 1.59. The van der Waals surface area contributed by atoms with Crippen molar-refractivity contribution in [2.45, 2.75) is 13.0 Å². The first-order valence-electron chi connectivity index (χ1n) is 2.34. The van der Waals surface area contributed by atoms with E-state index in [1.807, 2.05) is 0 Å². The number of nitrogens with one attached hydrogen (secondary N) is 1. The van der Waals surface area contributed by atoms with Crippen molar-refractivity contribution >= 4 is 17.3 Å². The van der Waals surface area contributed by atoms with Gasteiger partial charge in [0.25, 0.3) is 0 Å². The van der Waals surface area contributed by atoms with Crippen LogP contribution in [0.2, 0.25) is 0 Å². The molecule has 0 aromatic carbocycles. The van der Waals surface area contributed by atoms with Crippen molar-refractivity contribution in [2.75, 3.05) is 6.54 Å². The largest absolute Gasteiger partial charge is 0.392 e. The fourth-order valence-electron chi connectivity index (χ4n) is 0.248. The number of hydrogen-bond acceptors (Lipinski definition) is 2. The van der Waals surface area contributed by atoms with E-state index in [0.717, 1.165) is 0 Å². The summed E-state index contributed by atoms with van der Waals surface area (Å²) in [6.07, 6.45) is -0.392. The molecule has 3 nitrogen and oxygen atoms in total. The standard InChI is InChI=1S/C4H10N2OS/c1-3(7)2-6-4(5)8/h3,7H,2H2,1H3,(H3,5,6,8). The van der Waals surface area contributed by atoms with Crippen LogP contribution in [0.4, 0.5) is 0 Å². The Morgan fingerprint density at radius 3 is 2.62 bits per heavy atom. The highest BCUT2D eigenvalue weighted by Crippen LogP contribution is 1.72. The lowest BCUT2D eigenvalue weighted by atomic mass is 10.4. The van der Waals surface area contributed by atoms with E-state index < -0.39 is 6.10 Å². The van der Waals surface area contributed by atoms with E-state index in [9.17, 15) is 0 Å². The van der Waals surface area contributed by atoms with Gasteiger partial charge < -0.3 is 16.2 Å². The molecule has 1 atom stereocenters. The summed E-state index contributed by atoms with van der Waals surface area (Å²) in [7, 11) is 0. The summed E-state index contributed by atoms with van der Waals surface area (Å²) in [6.45, 7) is 2.08. The first kappa shape index (κ1) is 7.65. The van der Waals surface area contributed by atoms with Gasteiger partial charge in [-0.3, -0.25) is 0 Å². The van der Waals surface area contributed by atoms with Crippen LogP contribution in [0.25, 0.3) is 0 Å². The third-order valence-electron chi connectivity index (χ3n) is 0.572. The Kier molecular flexibility index (Phi) is 3.47. The molecule has 0 saturated carbocycles. The van der Waals surface area contributed by atoms with Gasteiger partial charge in [0, 0.05) is 6.54 Å². The second-order valence-corrected chi connectivity index (χ2v) is 2.03. The lowest BCUT2D eigenvalue weighted by molar-refractivity contribution is 0.198. The van der Waals surface area contributed by atoms with Gasteiger partial charge in [-0.1, -0.05) is 0 Å². The van der Waals surface area contributed by atoms with E-state index in [0.29, 0.717) is 6.54 Å². The zero-order valence-corrected chi connectivity index (χ0v) is 5.53. The van der Waals surface area contributed by atoms with Gasteiger partial charge in [0.2, 0.25) is 0 Å². The van der Waals surface area contributed by atoms with E-state index in [4.69, 9.17) is 10.8 Å². The van der Waals surface area contributed by atoms with Gasteiger partial charge in [0.15, 0.2) is 5.11 Å². The van der Waals surface area contributed by atoms with E-state index in [2.05, 4.69) is 17.5 Å². The highest BCUT2D eigenvalue weighted by atomic mass is 32.1. The van der Waals surface area contributed by atoms with Crippen molar-refractivity contribution in [3.63, 3.8) is 0 Å². The molecule has 0 radical (unpaired) electrons. The topological polar surface area (TPSA) is 58.3 Å². The van der Waals surface area contributed by atoms with Gasteiger partial charge >= 0.3 is 0 Å². The number of aliphatic hydroxyl groups is 1. The molecule has 0 aliphatic rings. The first-order valence-corrected chi connectivity index (χ1v) is 2.75. The fraction of sp³-hybridized carbons (Fsp3) is 0.750. The predicted molar refractivity (Wildman–Crippen MR) is 36.5 cm³/mol. The average Bonchev–Trinajstić information content (AvgIpc) is 1.61. The van der Waals surface area contributed by atoms with Crippen molar-refractivity contribution in [1.82, 2.24) is 5.32 Å². The predicted octanol–water partition coefficient (Wildman–Crippen LogP) is -0.800. The van der Waals surface area contributed by atoms with Crippen molar-refractivity contribution in [3.05, 3.63) is 0 Å². The van der Waals surface area contributed by atoms with Gasteiger partial charge in [-0.25, -0.2) is 0 Å². The Labute approximate surface area is 53.9 Å². The van der Waals surface area contributed by atoms with E-state index in [1.165, 1.54) is 0 Å². The highest BCUT2D eigenvalue weighted by Gasteiger charge is 1.92. The van der Waals surface area contributed by atoms with Crippen LogP contribution < -0.4 is 11.1 Å². The third kappa shape index (κ3) is 5.65. The second kappa shape index (κ2) is 3.63. The number of rotatable bonds is 2. The maximum atomic E-state index is 8.62. The molecular formula is C4H10N2OS. The summed E-state index contributed by atoms with van der Waals surface area (Å²) < 4.78 is 0. The van der Waals surface area contributed by atoms with Crippen LogP contribution in [0.5, 0.6) is 0 Å². The molecular weight excluding hydrogens is 124 g/mol. The van der Waals surface area contributed by atoms with Crippen LogP contribution in [0, 0.1) is 0 Å². The van der Waals surface area contributed by atoms with Crippen LogP contribution in [-0.4, -0.2) is 22.9 Å². The minimum absolute atomic E-state index is 0.228. The Balaban J connectivity index is 3.05. The Bertz CT molecular complexity index is 84.1. The van der Waals surface area contributed by atoms with Crippen molar-refractivity contribution < 1.29 is 5.11 Å². The fourth-order valence-corrected chi connectivity index (χ4v) is 0.332. The van der Waals surface area contributed by atoms with Crippen LogP contribution >= 0.6 is 12.2 Å². The molecule has 8 heavy (non-hydrogen) atoms. The summed E-state index contributed by atoms with van der Waals surface area (Å²) in [4.78, 5) is 0. The summed E-state index contributed by atoms with van der Waals surface area (Å²) >= 11 is 4.47. The minimum Gasteiger partial charge on any atom is -0.392 e. The van der Waals surface area contributed by atoms with Crippen LogP contribution in [0.15, 0.2) is 0 Å². The molecule has 48 valence electrons. The zero-order valence-electron chi connectivity index (χ0n) is 4.72. The maximum absolute atomic E-state index is 8.62. The summed E-state index contributed by atoms with van der Waals surface area (Å²) in [6, 6.07) is 0. The average molecular weight is 134 g/mol. The molecule has 0 amide bonds. The molecule has 4 heteroatoms. The van der Waals surface area contributed by atoms with Crippen LogP contribution in [0.1, 0.15) is 6.92 Å². The number of thiocarbonyl (C=S) groups is 1. The zero-order chi connectivity index (χ0) is 6.57. The summed E-state index contributed by atoms with van der Waals surface area (Å²) in [5.74, 6) is 0. The molecule has 0 aromatic rings. The van der Waals surface area contributed by atoms with Gasteiger partial charge in [0.1, 0.15) is 0 Å². The van der Waals surface area contributed by atoms with E-state index >= 15 is 0 Å². The van der Waals surface area contributed by atoms with Crippen LogP contribution in [-0.2, 0) is 0 Å². The summed E-state index contributed by atoms with van der Waals surface area (Å²) in [5.41, 5.74) is 5.05. The first-order chi connectivity index (χ1) is 3.63. The van der Waals surface area contributed by atoms with Crippen molar-refractivity contribution in [3.8, 4) is 0 Å². The van der Waals surface area contributed by atoms with E-state index in [1.54, 1.807) is 6.92 Å². The maximum Gasteiger partial charge on any atom is 0.163 e. The minimum atomic E-state index is -0.392. The van der Waals surface area contributed by atoms with Gasteiger partial charge in [0.05, 0.1) is 6.10 Å². The highest BCUT2D eigenvalue weighted by molar-refractivity contribution is 7.80. The summed E-state index contributed by atoms with van der Waals surface area (Å²) in [5, 5.41) is 11.5. The van der Waals surface area contributed by atoms with Gasteiger partial charge in [-0.05, 0) is 19.1 Å². The number of aliphatic hydroxyl groups excluding tert-OH is 1. The Hall–Kier alpha value is -0.350. The molecule has 1 unspecified atom stereocenters. The Morgan fingerprint density at radius 2 is 2.50 bits per heavy atom. The number of hydrogen-bond donors (Lipinski definition) is 3. The molecule has 0 aliphatic heterocycles. The molecule has 0 saturated heterocycles. The quantitative estimate of drug-likeness (QED) is 0.433. The van der Waals surface area contributed by atoms with E-state index in [-0.39, 0.29) is 5.11 Å². The normalized spacial score (nSPS) is 12.8. The monoisotopic (exact) mass is 134 g/mol. The van der Waals surface area contributed by atoms with Gasteiger partial charge in [-0.15, -0.1) is 0 Å². The molecule has 0 aliphatic carbocycles. The lowest BCUT2D eigenvalue weighted by Crippen LogP contribution is -2.34. The number of nitrogens with two attached hydrogens (primary N) is 1. The van der Waals surface area contributed by atoms with Crippen molar-refractivity contribution in [1.29, 1.82) is 0 Å². The van der Waals surface area contributed by atoms with Gasteiger partial charge in [-0.2, -0.15) is 0 Å². The van der Waals surface area contributed by atoms with Crippen LogP contribution in [0.3, 0.4) is 0 Å². The molecule has 0 rings (SSSR count). The molecule has 0 fully saturated rings. The molecule has 0 heterocycles. The third-order valence-corrected chi connectivity index (χ3v) is 0.716. The molecule has 0 aromatic heterocycles. The lowest BCUT2D eigenvalue weighted by Gasteiger charge is -2.03. The Morgan fingerprint density at radius 1 is 2.00 bits per heavy atom. The molecule has 0 bridgehead atoms.